The molecule has 1 aromatic rings. The minimum Gasteiger partial charge on any atom is -0.391 e. The molecule has 16 heavy (non-hydrogen) atoms. The molecule has 0 spiro atoms. The lowest BCUT2D eigenvalue weighted by Gasteiger charge is -2.28. The Bertz CT molecular complexity index is 375. The van der Waals surface area contributed by atoms with Crippen molar-refractivity contribution in [1.29, 1.82) is 0 Å². The van der Waals surface area contributed by atoms with Gasteiger partial charge in [0.1, 0.15) is 0 Å². The highest BCUT2D eigenvalue weighted by molar-refractivity contribution is 7.13. The summed E-state index contributed by atoms with van der Waals surface area (Å²) >= 11 is 1.49. The highest BCUT2D eigenvalue weighted by atomic mass is 32.1. The Labute approximate surface area is 99.5 Å². The molecule has 3 nitrogen and oxygen atoms in total. The standard InChI is InChI=1S/C12H17NO2S/c1-8-6-7-11(16-8)12(15)13-9-4-2-3-5-10(9)14/h6-7,9-10,14H,2-5H2,1H3,(H,13,15). The van der Waals surface area contributed by atoms with Crippen molar-refractivity contribution in [3.63, 3.8) is 0 Å². The maximum absolute atomic E-state index is 11.9. The normalized spacial score (nSPS) is 25.4. The van der Waals surface area contributed by atoms with Crippen LogP contribution < -0.4 is 5.32 Å². The molecule has 2 N–H and O–H groups in total. The van der Waals surface area contributed by atoms with Gasteiger partial charge < -0.3 is 10.4 Å². The quantitative estimate of drug-likeness (QED) is 0.830. The summed E-state index contributed by atoms with van der Waals surface area (Å²) in [6.45, 7) is 1.98. The van der Waals surface area contributed by atoms with Gasteiger partial charge in [0.2, 0.25) is 0 Å². The molecule has 1 aromatic heterocycles. The smallest absolute Gasteiger partial charge is 0.261 e. The van der Waals surface area contributed by atoms with Crippen molar-refractivity contribution in [3.8, 4) is 0 Å². The first-order valence-corrected chi connectivity index (χ1v) is 6.54. The number of thiophene rings is 1. The van der Waals surface area contributed by atoms with Crippen LogP contribution in [-0.4, -0.2) is 23.2 Å². The number of carbonyl (C=O) groups is 1. The topological polar surface area (TPSA) is 49.3 Å². The molecule has 0 saturated heterocycles. The Balaban J connectivity index is 1.96. The minimum atomic E-state index is -0.376. The summed E-state index contributed by atoms with van der Waals surface area (Å²) < 4.78 is 0. The molecule has 1 fully saturated rings. The summed E-state index contributed by atoms with van der Waals surface area (Å²) in [5, 5.41) is 12.7. The SMILES string of the molecule is Cc1ccc(C(=O)NC2CCCCC2O)s1. The number of nitrogens with one attached hydrogen (secondary N) is 1. The first-order valence-electron chi connectivity index (χ1n) is 5.72. The number of hydrogen-bond acceptors (Lipinski definition) is 3. The highest BCUT2D eigenvalue weighted by Crippen LogP contribution is 2.20. The molecule has 2 rings (SSSR count). The number of rotatable bonds is 2. The van der Waals surface area contributed by atoms with E-state index in [1.807, 2.05) is 19.1 Å². The van der Waals surface area contributed by atoms with E-state index in [1.54, 1.807) is 0 Å². The molecule has 1 heterocycles. The minimum absolute atomic E-state index is 0.0518. The van der Waals surface area contributed by atoms with Gasteiger partial charge in [0.25, 0.3) is 5.91 Å². The van der Waals surface area contributed by atoms with E-state index < -0.39 is 0 Å². The fourth-order valence-corrected chi connectivity index (χ4v) is 2.85. The lowest BCUT2D eigenvalue weighted by Crippen LogP contribution is -2.44. The molecular weight excluding hydrogens is 222 g/mol. The molecule has 0 aromatic carbocycles. The van der Waals surface area contributed by atoms with Crippen LogP contribution in [0.3, 0.4) is 0 Å². The average Bonchev–Trinajstić information content (AvgIpc) is 2.68. The van der Waals surface area contributed by atoms with E-state index in [9.17, 15) is 9.90 Å². The molecule has 1 aliphatic rings. The fourth-order valence-electron chi connectivity index (χ4n) is 2.08. The van der Waals surface area contributed by atoms with Crippen molar-refractivity contribution < 1.29 is 9.90 Å². The van der Waals surface area contributed by atoms with Crippen LogP contribution in [-0.2, 0) is 0 Å². The van der Waals surface area contributed by atoms with Crippen LogP contribution >= 0.6 is 11.3 Å². The van der Waals surface area contributed by atoms with Gasteiger partial charge in [-0.3, -0.25) is 4.79 Å². The predicted octanol–water partition coefficient (Wildman–Crippen LogP) is 2.09. The Morgan fingerprint density at radius 1 is 1.44 bits per heavy atom. The second-order valence-corrected chi connectivity index (χ2v) is 5.63. The third-order valence-corrected chi connectivity index (χ3v) is 4.01. The Morgan fingerprint density at radius 3 is 2.81 bits per heavy atom. The maximum atomic E-state index is 11.9. The van der Waals surface area contributed by atoms with Gasteiger partial charge in [-0.05, 0) is 31.9 Å². The van der Waals surface area contributed by atoms with E-state index in [4.69, 9.17) is 0 Å². The van der Waals surface area contributed by atoms with Crippen molar-refractivity contribution in [2.45, 2.75) is 44.8 Å². The summed E-state index contributed by atoms with van der Waals surface area (Å²) in [4.78, 5) is 13.7. The van der Waals surface area contributed by atoms with Crippen LogP contribution in [0, 0.1) is 6.92 Å². The number of amides is 1. The van der Waals surface area contributed by atoms with Gasteiger partial charge in [-0.1, -0.05) is 12.8 Å². The van der Waals surface area contributed by atoms with Crippen molar-refractivity contribution in [1.82, 2.24) is 5.32 Å². The largest absolute Gasteiger partial charge is 0.391 e. The van der Waals surface area contributed by atoms with Gasteiger partial charge in [0, 0.05) is 4.88 Å². The Hall–Kier alpha value is -0.870. The van der Waals surface area contributed by atoms with Crippen LogP contribution in [0.25, 0.3) is 0 Å². The van der Waals surface area contributed by atoms with E-state index in [2.05, 4.69) is 5.32 Å². The Kier molecular flexibility index (Phi) is 3.61. The molecule has 2 atom stereocenters. The molecular formula is C12H17NO2S. The summed E-state index contributed by atoms with van der Waals surface area (Å²) in [7, 11) is 0. The van der Waals surface area contributed by atoms with Gasteiger partial charge in [-0.15, -0.1) is 11.3 Å². The molecule has 1 saturated carbocycles. The van der Waals surface area contributed by atoms with E-state index in [0.717, 1.165) is 35.4 Å². The number of aryl methyl sites for hydroxylation is 1. The summed E-state index contributed by atoms with van der Waals surface area (Å²) in [6.07, 6.45) is 3.46. The third-order valence-electron chi connectivity index (χ3n) is 3.01. The van der Waals surface area contributed by atoms with Crippen molar-refractivity contribution in [2.24, 2.45) is 0 Å². The second kappa shape index (κ2) is 4.97. The summed E-state index contributed by atoms with van der Waals surface area (Å²) in [5.41, 5.74) is 0. The average molecular weight is 239 g/mol. The van der Waals surface area contributed by atoms with Crippen molar-refractivity contribution in [3.05, 3.63) is 21.9 Å². The first kappa shape index (κ1) is 11.6. The second-order valence-electron chi connectivity index (χ2n) is 4.34. The summed E-state index contributed by atoms with van der Waals surface area (Å²) in [6, 6.07) is 3.71. The van der Waals surface area contributed by atoms with Gasteiger partial charge in [0.15, 0.2) is 0 Å². The predicted molar refractivity (Wildman–Crippen MR) is 64.8 cm³/mol. The van der Waals surface area contributed by atoms with Crippen LogP contribution in [0.2, 0.25) is 0 Å². The molecule has 0 radical (unpaired) electrons. The molecule has 1 amide bonds. The van der Waals surface area contributed by atoms with Crippen LogP contribution in [0.5, 0.6) is 0 Å². The molecule has 2 unspecified atom stereocenters. The number of hydrogen-bond donors (Lipinski definition) is 2. The molecule has 1 aliphatic carbocycles. The number of aliphatic hydroxyl groups is 1. The zero-order valence-electron chi connectivity index (χ0n) is 9.40. The van der Waals surface area contributed by atoms with Crippen molar-refractivity contribution in [2.75, 3.05) is 0 Å². The van der Waals surface area contributed by atoms with E-state index in [1.165, 1.54) is 11.3 Å². The van der Waals surface area contributed by atoms with Gasteiger partial charge >= 0.3 is 0 Å². The van der Waals surface area contributed by atoms with Gasteiger partial charge in [0.05, 0.1) is 17.0 Å². The van der Waals surface area contributed by atoms with E-state index >= 15 is 0 Å². The number of carbonyl (C=O) groups excluding carboxylic acids is 1. The maximum Gasteiger partial charge on any atom is 0.261 e. The molecule has 4 heteroatoms. The lowest BCUT2D eigenvalue weighted by molar-refractivity contribution is 0.0720. The fraction of sp³-hybridized carbons (Fsp3) is 0.583. The van der Waals surface area contributed by atoms with E-state index in [0.29, 0.717) is 0 Å². The van der Waals surface area contributed by atoms with Crippen molar-refractivity contribution >= 4 is 17.2 Å². The highest BCUT2D eigenvalue weighted by Gasteiger charge is 2.25. The van der Waals surface area contributed by atoms with Crippen LogP contribution in [0.4, 0.5) is 0 Å². The summed E-state index contributed by atoms with van der Waals surface area (Å²) in [5.74, 6) is -0.0518. The van der Waals surface area contributed by atoms with E-state index in [-0.39, 0.29) is 18.1 Å². The zero-order chi connectivity index (χ0) is 11.5. The van der Waals surface area contributed by atoms with Crippen LogP contribution in [0.1, 0.15) is 40.2 Å². The zero-order valence-corrected chi connectivity index (χ0v) is 10.2. The Morgan fingerprint density at radius 2 is 2.19 bits per heavy atom. The lowest BCUT2D eigenvalue weighted by atomic mass is 9.92. The van der Waals surface area contributed by atoms with Crippen LogP contribution in [0.15, 0.2) is 12.1 Å². The number of aliphatic hydroxyl groups excluding tert-OH is 1. The first-order chi connectivity index (χ1) is 7.66. The van der Waals surface area contributed by atoms with Gasteiger partial charge in [-0.25, -0.2) is 0 Å². The third kappa shape index (κ3) is 2.62. The van der Waals surface area contributed by atoms with Gasteiger partial charge in [-0.2, -0.15) is 0 Å². The molecule has 0 aliphatic heterocycles. The molecule has 88 valence electrons. The monoisotopic (exact) mass is 239 g/mol. The molecule has 0 bridgehead atoms.